The zero-order valence-corrected chi connectivity index (χ0v) is 14.4. The number of nitrogens with one attached hydrogen (secondary N) is 2. The van der Waals surface area contributed by atoms with Crippen molar-refractivity contribution in [2.24, 2.45) is 0 Å². The van der Waals surface area contributed by atoms with Gasteiger partial charge >= 0.3 is 0 Å². The van der Waals surface area contributed by atoms with E-state index in [0.29, 0.717) is 6.54 Å². The van der Waals surface area contributed by atoms with E-state index in [9.17, 15) is 4.79 Å². The molecule has 4 aromatic rings. The molecule has 0 radical (unpaired) electrons. The molecule has 0 aliphatic carbocycles. The van der Waals surface area contributed by atoms with Crippen molar-refractivity contribution in [3.05, 3.63) is 65.0 Å². The summed E-state index contributed by atoms with van der Waals surface area (Å²) < 4.78 is 2.97. The SMILES string of the molecule is O=C(Cn1ccc2cc(Br)ccc21)NCc1nc2ccccc2[nH]1. The predicted octanol–water partition coefficient (Wildman–Crippen LogP) is 3.60. The molecule has 4 rings (SSSR count). The third-order valence-corrected chi connectivity index (χ3v) is 4.43. The van der Waals surface area contributed by atoms with E-state index >= 15 is 0 Å². The zero-order valence-electron chi connectivity index (χ0n) is 12.8. The summed E-state index contributed by atoms with van der Waals surface area (Å²) >= 11 is 3.46. The molecule has 0 spiro atoms. The minimum atomic E-state index is -0.0455. The normalized spacial score (nSPS) is 11.2. The Morgan fingerprint density at radius 1 is 1.21 bits per heavy atom. The molecule has 1 amide bonds. The number of para-hydroxylation sites is 2. The van der Waals surface area contributed by atoms with Crippen LogP contribution in [0, 0.1) is 0 Å². The van der Waals surface area contributed by atoms with E-state index in [2.05, 4.69) is 31.2 Å². The van der Waals surface area contributed by atoms with Crippen LogP contribution in [-0.4, -0.2) is 20.4 Å². The van der Waals surface area contributed by atoms with Crippen molar-refractivity contribution in [1.29, 1.82) is 0 Å². The number of aromatic amines is 1. The van der Waals surface area contributed by atoms with E-state index in [4.69, 9.17) is 0 Å². The van der Waals surface area contributed by atoms with Gasteiger partial charge in [-0.25, -0.2) is 4.98 Å². The molecule has 0 aliphatic heterocycles. The van der Waals surface area contributed by atoms with Gasteiger partial charge in [0.15, 0.2) is 0 Å². The molecule has 6 heteroatoms. The van der Waals surface area contributed by atoms with E-state index in [-0.39, 0.29) is 12.5 Å². The van der Waals surface area contributed by atoms with Crippen LogP contribution in [0.15, 0.2) is 59.2 Å². The highest BCUT2D eigenvalue weighted by Gasteiger charge is 2.08. The molecule has 0 saturated carbocycles. The molecular weight excluding hydrogens is 368 g/mol. The summed E-state index contributed by atoms with van der Waals surface area (Å²) in [5.74, 6) is 0.710. The van der Waals surface area contributed by atoms with Crippen LogP contribution >= 0.6 is 15.9 Å². The van der Waals surface area contributed by atoms with Gasteiger partial charge in [0, 0.05) is 21.6 Å². The Kier molecular flexibility index (Phi) is 3.82. The Hall–Kier alpha value is -2.60. The van der Waals surface area contributed by atoms with Crippen LogP contribution in [0.4, 0.5) is 0 Å². The van der Waals surface area contributed by atoms with Crippen molar-refractivity contribution in [2.45, 2.75) is 13.1 Å². The lowest BCUT2D eigenvalue weighted by Crippen LogP contribution is -2.27. The van der Waals surface area contributed by atoms with Crippen LogP contribution in [0.5, 0.6) is 0 Å². The number of hydrogen-bond acceptors (Lipinski definition) is 2. The molecule has 0 saturated heterocycles. The van der Waals surface area contributed by atoms with Crippen molar-refractivity contribution in [1.82, 2.24) is 19.9 Å². The third-order valence-electron chi connectivity index (χ3n) is 3.94. The standard InChI is InChI=1S/C18H15BrN4O/c19-13-5-6-16-12(9-13)7-8-23(16)11-18(24)20-10-17-21-14-3-1-2-4-15(14)22-17/h1-9H,10-11H2,(H,20,24)(H,21,22). The van der Waals surface area contributed by atoms with Crippen LogP contribution in [0.2, 0.25) is 0 Å². The zero-order chi connectivity index (χ0) is 16.5. The van der Waals surface area contributed by atoms with Gasteiger partial charge < -0.3 is 14.9 Å². The van der Waals surface area contributed by atoms with Gasteiger partial charge in [-0.15, -0.1) is 0 Å². The Bertz CT molecular complexity index is 1000. The average molecular weight is 383 g/mol. The Labute approximate surface area is 146 Å². The summed E-state index contributed by atoms with van der Waals surface area (Å²) in [6.07, 6.45) is 1.93. The first-order chi connectivity index (χ1) is 11.7. The number of hydrogen-bond donors (Lipinski definition) is 2. The summed E-state index contributed by atoms with van der Waals surface area (Å²) in [6.45, 7) is 0.670. The van der Waals surface area contributed by atoms with E-state index in [1.54, 1.807) is 0 Å². The van der Waals surface area contributed by atoms with Crippen LogP contribution in [0.1, 0.15) is 5.82 Å². The van der Waals surface area contributed by atoms with Crippen LogP contribution in [-0.2, 0) is 17.9 Å². The second-order valence-corrected chi connectivity index (χ2v) is 6.54. The molecule has 0 bridgehead atoms. The Morgan fingerprint density at radius 2 is 2.08 bits per heavy atom. The van der Waals surface area contributed by atoms with Gasteiger partial charge in [0.2, 0.25) is 5.91 Å². The van der Waals surface area contributed by atoms with Gasteiger partial charge in [0.25, 0.3) is 0 Å². The second kappa shape index (κ2) is 6.13. The molecule has 2 aromatic heterocycles. The summed E-state index contributed by atoms with van der Waals surface area (Å²) in [7, 11) is 0. The monoisotopic (exact) mass is 382 g/mol. The fourth-order valence-corrected chi connectivity index (χ4v) is 3.17. The lowest BCUT2D eigenvalue weighted by Gasteiger charge is -2.06. The summed E-state index contributed by atoms with van der Waals surface area (Å²) in [6, 6.07) is 15.8. The first kappa shape index (κ1) is 15.0. The number of halogens is 1. The van der Waals surface area contributed by atoms with E-state index in [1.807, 2.05) is 59.3 Å². The Morgan fingerprint density at radius 3 is 2.96 bits per heavy atom. The fourth-order valence-electron chi connectivity index (χ4n) is 2.79. The first-order valence-electron chi connectivity index (χ1n) is 7.64. The topological polar surface area (TPSA) is 62.7 Å². The second-order valence-electron chi connectivity index (χ2n) is 5.62. The number of nitrogens with zero attached hydrogens (tertiary/aromatic N) is 2. The number of amides is 1. The Balaban J connectivity index is 1.44. The van der Waals surface area contributed by atoms with Crippen LogP contribution in [0.3, 0.4) is 0 Å². The molecule has 0 fully saturated rings. The van der Waals surface area contributed by atoms with Crippen molar-refractivity contribution in [3.8, 4) is 0 Å². The van der Waals surface area contributed by atoms with Gasteiger partial charge in [0.1, 0.15) is 12.4 Å². The molecule has 2 heterocycles. The number of imidazole rings is 1. The van der Waals surface area contributed by atoms with Gasteiger partial charge in [-0.3, -0.25) is 4.79 Å². The number of carbonyl (C=O) groups excluding carboxylic acids is 1. The number of rotatable bonds is 4. The highest BCUT2D eigenvalue weighted by Crippen LogP contribution is 2.20. The minimum Gasteiger partial charge on any atom is -0.347 e. The van der Waals surface area contributed by atoms with E-state index in [0.717, 1.165) is 32.2 Å². The minimum absolute atomic E-state index is 0.0455. The number of aromatic nitrogens is 3. The number of benzene rings is 2. The largest absolute Gasteiger partial charge is 0.347 e. The number of carbonyl (C=O) groups is 1. The lowest BCUT2D eigenvalue weighted by molar-refractivity contribution is -0.121. The summed E-state index contributed by atoms with van der Waals surface area (Å²) in [5.41, 5.74) is 2.92. The van der Waals surface area contributed by atoms with E-state index in [1.165, 1.54) is 0 Å². The summed E-state index contributed by atoms with van der Waals surface area (Å²) in [5, 5.41) is 4.02. The lowest BCUT2D eigenvalue weighted by atomic mass is 10.2. The quantitative estimate of drug-likeness (QED) is 0.566. The van der Waals surface area contributed by atoms with E-state index < -0.39 is 0 Å². The number of fused-ring (bicyclic) bond motifs is 2. The van der Waals surface area contributed by atoms with Crippen molar-refractivity contribution in [3.63, 3.8) is 0 Å². The van der Waals surface area contributed by atoms with Crippen molar-refractivity contribution >= 4 is 43.8 Å². The maximum atomic E-state index is 12.2. The molecule has 0 unspecified atom stereocenters. The van der Waals surface area contributed by atoms with Gasteiger partial charge in [0.05, 0.1) is 17.6 Å². The third kappa shape index (κ3) is 2.92. The highest BCUT2D eigenvalue weighted by molar-refractivity contribution is 9.10. The molecule has 5 nitrogen and oxygen atoms in total. The van der Waals surface area contributed by atoms with Gasteiger partial charge in [-0.1, -0.05) is 28.1 Å². The van der Waals surface area contributed by atoms with Crippen LogP contribution in [0.25, 0.3) is 21.9 Å². The average Bonchev–Trinajstić information content (AvgIpc) is 3.16. The molecule has 24 heavy (non-hydrogen) atoms. The smallest absolute Gasteiger partial charge is 0.240 e. The first-order valence-corrected chi connectivity index (χ1v) is 8.43. The molecule has 2 aromatic carbocycles. The molecule has 0 atom stereocenters. The van der Waals surface area contributed by atoms with Gasteiger partial charge in [-0.2, -0.15) is 0 Å². The molecule has 2 N–H and O–H groups in total. The number of H-pyrrole nitrogens is 1. The summed E-state index contributed by atoms with van der Waals surface area (Å²) in [4.78, 5) is 19.9. The maximum Gasteiger partial charge on any atom is 0.240 e. The van der Waals surface area contributed by atoms with Crippen LogP contribution < -0.4 is 5.32 Å². The highest BCUT2D eigenvalue weighted by atomic mass is 79.9. The molecule has 120 valence electrons. The predicted molar refractivity (Wildman–Crippen MR) is 97.6 cm³/mol. The van der Waals surface area contributed by atoms with Crippen molar-refractivity contribution in [2.75, 3.05) is 0 Å². The maximum absolute atomic E-state index is 12.2. The molecule has 0 aliphatic rings. The van der Waals surface area contributed by atoms with Crippen molar-refractivity contribution < 1.29 is 4.79 Å². The molecular formula is C18H15BrN4O. The fraction of sp³-hybridized carbons (Fsp3) is 0.111. The van der Waals surface area contributed by atoms with Gasteiger partial charge in [-0.05, 0) is 36.4 Å².